The van der Waals surface area contributed by atoms with E-state index in [-0.39, 0.29) is 0 Å². The van der Waals surface area contributed by atoms with E-state index in [2.05, 4.69) is 10.6 Å². The maximum atomic E-state index is 13.7. The van der Waals surface area contributed by atoms with Gasteiger partial charge >= 0.3 is 6.09 Å². The molecule has 3 N–H and O–H groups in total. The number of likely N-dealkylation sites (tertiary alicyclic amines) is 1. The molecule has 1 heterocycles. The average molecular weight is 432 g/mol. The van der Waals surface area contributed by atoms with Crippen LogP contribution in [0, 0.1) is 5.41 Å². The normalized spacial score (nSPS) is 18.5. The zero-order chi connectivity index (χ0) is 23.4. The van der Waals surface area contributed by atoms with Crippen molar-refractivity contribution in [2.45, 2.75) is 65.1 Å². The number of hydrogen-bond acceptors (Lipinski definition) is 5. The lowest BCUT2D eigenvalue weighted by Crippen LogP contribution is -2.67. The predicted molar refractivity (Wildman–Crippen MR) is 117 cm³/mol. The Hall–Kier alpha value is -2.74. The summed E-state index contributed by atoms with van der Waals surface area (Å²) in [6.45, 7) is 9.88. The van der Waals surface area contributed by atoms with E-state index in [1.165, 1.54) is 6.92 Å². The van der Waals surface area contributed by atoms with Gasteiger partial charge in [0.1, 0.15) is 0 Å². The SMILES string of the molecule is C[C@@H](NC(=O)C(=O)[C@@](C)(NC(=O)O)C(=O)C(N1CCCC1)C(C)(C)C)c1ccccc1. The number of Topliss-reactive ketones (excluding diaryl/α,β-unsaturated/α-hetero) is 2. The van der Waals surface area contributed by atoms with Crippen LogP contribution < -0.4 is 10.6 Å². The van der Waals surface area contributed by atoms with Gasteiger partial charge in [-0.05, 0) is 50.8 Å². The van der Waals surface area contributed by atoms with Crippen molar-refractivity contribution in [2.75, 3.05) is 13.1 Å². The van der Waals surface area contributed by atoms with E-state index in [9.17, 15) is 24.3 Å². The predicted octanol–water partition coefficient (Wildman–Crippen LogP) is 2.54. The fourth-order valence-electron chi connectivity index (χ4n) is 4.14. The summed E-state index contributed by atoms with van der Waals surface area (Å²) < 4.78 is 0. The summed E-state index contributed by atoms with van der Waals surface area (Å²) in [7, 11) is 0. The number of carboxylic acid groups (broad SMARTS) is 1. The van der Waals surface area contributed by atoms with Crippen LogP contribution in [0.1, 0.15) is 59.1 Å². The quantitative estimate of drug-likeness (QED) is 0.430. The van der Waals surface area contributed by atoms with Crippen molar-refractivity contribution in [2.24, 2.45) is 5.41 Å². The minimum atomic E-state index is -2.20. The van der Waals surface area contributed by atoms with E-state index < -0.39 is 46.6 Å². The highest BCUT2D eigenvalue weighted by molar-refractivity contribution is 6.45. The number of ketones is 2. The smallest absolute Gasteiger partial charge is 0.405 e. The molecule has 0 spiro atoms. The van der Waals surface area contributed by atoms with Gasteiger partial charge in [0.15, 0.2) is 11.3 Å². The number of nitrogens with zero attached hydrogens (tertiary/aromatic N) is 1. The van der Waals surface area contributed by atoms with Crippen LogP contribution in [-0.4, -0.2) is 58.2 Å². The summed E-state index contributed by atoms with van der Waals surface area (Å²) >= 11 is 0. The van der Waals surface area contributed by atoms with Gasteiger partial charge in [-0.25, -0.2) is 4.79 Å². The Kier molecular flexibility index (Phi) is 7.59. The Morgan fingerprint density at radius 2 is 1.55 bits per heavy atom. The average Bonchev–Trinajstić information content (AvgIpc) is 3.20. The van der Waals surface area contributed by atoms with Crippen LogP contribution in [0.3, 0.4) is 0 Å². The van der Waals surface area contributed by atoms with E-state index in [1.807, 2.05) is 43.9 Å². The van der Waals surface area contributed by atoms with Crippen molar-refractivity contribution in [3.05, 3.63) is 35.9 Å². The molecule has 0 radical (unpaired) electrons. The van der Waals surface area contributed by atoms with Crippen LogP contribution in [0.15, 0.2) is 30.3 Å². The van der Waals surface area contributed by atoms with Gasteiger partial charge in [0, 0.05) is 0 Å². The molecule has 0 bridgehead atoms. The van der Waals surface area contributed by atoms with Gasteiger partial charge in [0.05, 0.1) is 12.1 Å². The maximum Gasteiger partial charge on any atom is 0.405 e. The molecule has 2 rings (SSSR count). The van der Waals surface area contributed by atoms with Crippen molar-refractivity contribution < 1.29 is 24.3 Å². The van der Waals surface area contributed by atoms with Crippen LogP contribution in [0.2, 0.25) is 0 Å². The maximum absolute atomic E-state index is 13.7. The van der Waals surface area contributed by atoms with Crippen LogP contribution >= 0.6 is 0 Å². The second-order valence-corrected chi connectivity index (χ2v) is 9.37. The monoisotopic (exact) mass is 431 g/mol. The zero-order valence-electron chi connectivity index (χ0n) is 18.9. The third-order valence-electron chi connectivity index (χ3n) is 5.73. The molecule has 3 atom stereocenters. The molecule has 2 amide bonds. The second-order valence-electron chi connectivity index (χ2n) is 9.37. The molecule has 1 saturated heterocycles. The highest BCUT2D eigenvalue weighted by atomic mass is 16.4. The molecule has 8 nitrogen and oxygen atoms in total. The van der Waals surface area contributed by atoms with Crippen molar-refractivity contribution in [1.29, 1.82) is 0 Å². The Morgan fingerprint density at radius 3 is 2.03 bits per heavy atom. The van der Waals surface area contributed by atoms with Gasteiger partial charge in [-0.1, -0.05) is 51.1 Å². The van der Waals surface area contributed by atoms with Crippen molar-refractivity contribution in [1.82, 2.24) is 15.5 Å². The van der Waals surface area contributed by atoms with Crippen LogP contribution in [0.25, 0.3) is 0 Å². The summed E-state index contributed by atoms with van der Waals surface area (Å²) in [5.41, 5.74) is -1.98. The minimum absolute atomic E-state index is 0.487. The number of rotatable bonds is 8. The fourth-order valence-corrected chi connectivity index (χ4v) is 4.14. The number of carbonyl (C=O) groups is 4. The Labute approximate surface area is 183 Å². The molecule has 1 unspecified atom stereocenters. The summed E-state index contributed by atoms with van der Waals surface area (Å²) in [4.78, 5) is 53.1. The Bertz CT molecular complexity index is 827. The fraction of sp³-hybridized carbons (Fsp3) is 0.565. The lowest BCUT2D eigenvalue weighted by Gasteiger charge is -2.41. The standard InChI is InChI=1S/C23H33N3O5/c1-15(16-11-7-6-8-12-16)24-20(29)19(28)23(5,25-21(30)31)18(27)17(22(2,3)4)26-13-9-10-14-26/h6-8,11-12,15,17,25H,9-10,13-14H2,1-5H3,(H,24,29)(H,30,31)/t15-,17?,23+/m1/s1. The molecular weight excluding hydrogens is 398 g/mol. The molecular formula is C23H33N3O5. The number of benzene rings is 1. The van der Waals surface area contributed by atoms with E-state index >= 15 is 0 Å². The first-order valence-corrected chi connectivity index (χ1v) is 10.6. The van der Waals surface area contributed by atoms with Crippen molar-refractivity contribution >= 4 is 23.6 Å². The molecule has 0 aromatic heterocycles. The Balaban J connectivity index is 2.34. The number of amides is 2. The van der Waals surface area contributed by atoms with Crippen LogP contribution in [-0.2, 0) is 14.4 Å². The van der Waals surface area contributed by atoms with Gasteiger partial charge in [0.2, 0.25) is 0 Å². The molecule has 31 heavy (non-hydrogen) atoms. The van der Waals surface area contributed by atoms with Crippen molar-refractivity contribution in [3.8, 4) is 0 Å². The molecule has 170 valence electrons. The molecule has 1 aromatic carbocycles. The van der Waals surface area contributed by atoms with Crippen molar-refractivity contribution in [3.63, 3.8) is 0 Å². The van der Waals surface area contributed by atoms with Gasteiger partial charge < -0.3 is 15.7 Å². The first kappa shape index (κ1) is 24.5. The lowest BCUT2D eigenvalue weighted by molar-refractivity contribution is -0.148. The third kappa shape index (κ3) is 5.70. The molecule has 1 aliphatic rings. The summed E-state index contributed by atoms with van der Waals surface area (Å²) in [5, 5.41) is 14.0. The minimum Gasteiger partial charge on any atom is -0.465 e. The molecule has 1 aliphatic heterocycles. The highest BCUT2D eigenvalue weighted by Gasteiger charge is 2.52. The van der Waals surface area contributed by atoms with Gasteiger partial charge in [-0.15, -0.1) is 0 Å². The van der Waals surface area contributed by atoms with E-state index in [0.717, 1.165) is 18.4 Å². The first-order valence-electron chi connectivity index (χ1n) is 10.6. The third-order valence-corrected chi connectivity index (χ3v) is 5.73. The van der Waals surface area contributed by atoms with E-state index in [4.69, 9.17) is 0 Å². The molecule has 8 heteroatoms. The number of nitrogens with one attached hydrogen (secondary N) is 2. The number of carbonyl (C=O) groups excluding carboxylic acids is 3. The molecule has 1 aromatic rings. The zero-order valence-corrected chi connectivity index (χ0v) is 18.9. The number of hydrogen-bond donors (Lipinski definition) is 3. The topological polar surface area (TPSA) is 116 Å². The largest absolute Gasteiger partial charge is 0.465 e. The van der Waals surface area contributed by atoms with Crippen LogP contribution in [0.5, 0.6) is 0 Å². The summed E-state index contributed by atoms with van der Waals surface area (Å²) in [6.07, 6.45) is 0.306. The van der Waals surface area contributed by atoms with E-state index in [1.54, 1.807) is 19.1 Å². The van der Waals surface area contributed by atoms with E-state index in [0.29, 0.717) is 13.1 Å². The molecule has 1 fully saturated rings. The Morgan fingerprint density at radius 1 is 1.00 bits per heavy atom. The van der Waals surface area contributed by atoms with Gasteiger partial charge in [-0.2, -0.15) is 0 Å². The summed E-state index contributed by atoms with van der Waals surface area (Å²) in [5.74, 6) is -2.73. The van der Waals surface area contributed by atoms with Crippen LogP contribution in [0.4, 0.5) is 4.79 Å². The highest BCUT2D eigenvalue weighted by Crippen LogP contribution is 2.31. The molecule has 0 saturated carbocycles. The van der Waals surface area contributed by atoms with Gasteiger partial charge in [-0.3, -0.25) is 19.3 Å². The summed E-state index contributed by atoms with van der Waals surface area (Å²) in [6, 6.07) is 7.86. The first-order chi connectivity index (χ1) is 14.4. The van der Waals surface area contributed by atoms with Gasteiger partial charge in [0.25, 0.3) is 11.7 Å². The second kappa shape index (κ2) is 9.60. The lowest BCUT2D eigenvalue weighted by atomic mass is 9.75. The molecule has 0 aliphatic carbocycles.